The van der Waals surface area contributed by atoms with E-state index in [0.717, 1.165) is 43.8 Å². The molecule has 1 unspecified atom stereocenters. The molecule has 0 heterocycles. The van der Waals surface area contributed by atoms with E-state index in [0.29, 0.717) is 18.3 Å². The van der Waals surface area contributed by atoms with Crippen molar-refractivity contribution in [2.75, 3.05) is 19.0 Å². The van der Waals surface area contributed by atoms with Crippen molar-refractivity contribution in [2.24, 2.45) is 5.92 Å². The zero-order chi connectivity index (χ0) is 15.9. The lowest BCUT2D eigenvalue weighted by atomic mass is 10.1. The van der Waals surface area contributed by atoms with Gasteiger partial charge in [0.25, 0.3) is 0 Å². The fourth-order valence-electron chi connectivity index (χ4n) is 2.18. The predicted molar refractivity (Wildman–Crippen MR) is 91.7 cm³/mol. The molecule has 0 amide bonds. The molecule has 0 aromatic carbocycles. The average Bonchev–Trinajstić information content (AvgIpc) is 2.43. The van der Waals surface area contributed by atoms with Crippen LogP contribution in [-0.2, 0) is 9.53 Å². The maximum atomic E-state index is 11.6. The van der Waals surface area contributed by atoms with Gasteiger partial charge in [0.1, 0.15) is 0 Å². The molecule has 0 aromatic heterocycles. The van der Waals surface area contributed by atoms with Crippen LogP contribution in [0.5, 0.6) is 0 Å². The number of carbonyl (C=O) groups is 1. The number of rotatable bonds is 14. The molecule has 0 saturated heterocycles. The number of thioether (sulfide) groups is 1. The first-order valence-electron chi connectivity index (χ1n) is 8.48. The van der Waals surface area contributed by atoms with Gasteiger partial charge in [-0.2, -0.15) is 11.8 Å². The van der Waals surface area contributed by atoms with E-state index in [4.69, 9.17) is 9.84 Å². The largest absolute Gasteiger partial charge is 0.466 e. The van der Waals surface area contributed by atoms with E-state index in [9.17, 15) is 4.79 Å². The van der Waals surface area contributed by atoms with Gasteiger partial charge in [-0.25, -0.2) is 0 Å². The summed E-state index contributed by atoms with van der Waals surface area (Å²) in [5, 5.41) is 9.46. The number of hydrogen-bond acceptors (Lipinski definition) is 4. The summed E-state index contributed by atoms with van der Waals surface area (Å²) in [5.74, 6) is 1.49. The molecule has 0 aliphatic rings. The molecular formula is C17H34O3S. The van der Waals surface area contributed by atoms with Crippen molar-refractivity contribution in [2.45, 2.75) is 77.4 Å². The van der Waals surface area contributed by atoms with Gasteiger partial charge in [-0.1, -0.05) is 46.5 Å². The van der Waals surface area contributed by atoms with Crippen molar-refractivity contribution in [3.05, 3.63) is 0 Å². The van der Waals surface area contributed by atoms with Crippen molar-refractivity contribution >= 4 is 17.7 Å². The maximum absolute atomic E-state index is 11.6. The fraction of sp³-hybridized carbons (Fsp3) is 0.941. The summed E-state index contributed by atoms with van der Waals surface area (Å²) in [6.07, 6.45) is 8.16. The molecule has 3 nitrogen and oxygen atoms in total. The summed E-state index contributed by atoms with van der Waals surface area (Å²) in [7, 11) is 0. The number of carbonyl (C=O) groups excluding carboxylic acids is 1. The minimum Gasteiger partial charge on any atom is -0.466 e. The summed E-state index contributed by atoms with van der Waals surface area (Å²) < 4.78 is 5.25. The van der Waals surface area contributed by atoms with Gasteiger partial charge < -0.3 is 9.84 Å². The SMILES string of the molecule is CCCC(CCO)SCCC(=O)OCCCCCC(C)C. The molecule has 0 aliphatic heterocycles. The molecule has 0 aromatic rings. The Morgan fingerprint density at radius 2 is 1.90 bits per heavy atom. The van der Waals surface area contributed by atoms with Crippen LogP contribution in [0, 0.1) is 5.92 Å². The Morgan fingerprint density at radius 1 is 1.14 bits per heavy atom. The molecule has 0 fully saturated rings. The maximum Gasteiger partial charge on any atom is 0.306 e. The highest BCUT2D eigenvalue weighted by molar-refractivity contribution is 7.99. The van der Waals surface area contributed by atoms with Crippen LogP contribution in [-0.4, -0.2) is 35.3 Å². The summed E-state index contributed by atoms with van der Waals surface area (Å²) in [6.45, 7) is 7.42. The normalized spacial score (nSPS) is 12.6. The van der Waals surface area contributed by atoms with E-state index in [2.05, 4.69) is 20.8 Å². The standard InChI is InChI=1S/C17H34O3S/c1-4-8-16(10-12-18)21-14-11-17(19)20-13-7-5-6-9-15(2)3/h15-16,18H,4-14H2,1-3H3. The van der Waals surface area contributed by atoms with Crippen LogP contribution < -0.4 is 0 Å². The van der Waals surface area contributed by atoms with Gasteiger partial charge in [-0.3, -0.25) is 4.79 Å². The van der Waals surface area contributed by atoms with E-state index >= 15 is 0 Å². The van der Waals surface area contributed by atoms with Crippen LogP contribution in [0.3, 0.4) is 0 Å². The second-order valence-corrected chi connectivity index (χ2v) is 7.42. The quantitative estimate of drug-likeness (QED) is 0.380. The molecule has 1 N–H and O–H groups in total. The van der Waals surface area contributed by atoms with E-state index < -0.39 is 0 Å². The second kappa shape index (κ2) is 14.7. The molecule has 0 saturated carbocycles. The molecule has 0 aliphatic carbocycles. The van der Waals surface area contributed by atoms with Gasteiger partial charge in [0.2, 0.25) is 0 Å². The highest BCUT2D eigenvalue weighted by Gasteiger charge is 2.09. The topological polar surface area (TPSA) is 46.5 Å². The van der Waals surface area contributed by atoms with Crippen LogP contribution in [0.2, 0.25) is 0 Å². The number of unbranched alkanes of at least 4 members (excludes halogenated alkanes) is 2. The number of hydrogen-bond donors (Lipinski definition) is 1. The summed E-state index contributed by atoms with van der Waals surface area (Å²) in [5.41, 5.74) is 0. The number of aliphatic hydroxyl groups is 1. The van der Waals surface area contributed by atoms with Crippen molar-refractivity contribution < 1.29 is 14.6 Å². The van der Waals surface area contributed by atoms with Crippen molar-refractivity contribution in [3.63, 3.8) is 0 Å². The number of aliphatic hydroxyl groups excluding tert-OH is 1. The van der Waals surface area contributed by atoms with E-state index in [1.165, 1.54) is 12.8 Å². The van der Waals surface area contributed by atoms with Crippen LogP contribution in [0.25, 0.3) is 0 Å². The second-order valence-electron chi connectivity index (χ2n) is 6.01. The molecule has 0 radical (unpaired) electrons. The Bertz CT molecular complexity index is 238. The molecular weight excluding hydrogens is 284 g/mol. The zero-order valence-electron chi connectivity index (χ0n) is 14.1. The van der Waals surface area contributed by atoms with Gasteiger partial charge in [0.15, 0.2) is 0 Å². The minimum absolute atomic E-state index is 0.0781. The van der Waals surface area contributed by atoms with Gasteiger partial charge >= 0.3 is 5.97 Å². The van der Waals surface area contributed by atoms with Crippen LogP contribution in [0.1, 0.15) is 72.1 Å². The first-order chi connectivity index (χ1) is 10.1. The van der Waals surface area contributed by atoms with Crippen LogP contribution in [0.15, 0.2) is 0 Å². The van der Waals surface area contributed by atoms with E-state index in [-0.39, 0.29) is 12.6 Å². The lowest BCUT2D eigenvalue weighted by molar-refractivity contribution is -0.143. The van der Waals surface area contributed by atoms with Gasteiger partial charge in [-0.05, 0) is 25.2 Å². The molecule has 0 spiro atoms. The van der Waals surface area contributed by atoms with Gasteiger partial charge in [0, 0.05) is 17.6 Å². The monoisotopic (exact) mass is 318 g/mol. The third kappa shape index (κ3) is 14.5. The van der Waals surface area contributed by atoms with Crippen molar-refractivity contribution in [1.82, 2.24) is 0 Å². The third-order valence-electron chi connectivity index (χ3n) is 3.41. The summed E-state index contributed by atoms with van der Waals surface area (Å²) in [6, 6.07) is 0. The lowest BCUT2D eigenvalue weighted by Crippen LogP contribution is -2.10. The molecule has 0 bridgehead atoms. The Morgan fingerprint density at radius 3 is 2.52 bits per heavy atom. The van der Waals surface area contributed by atoms with E-state index in [1.807, 2.05) is 0 Å². The smallest absolute Gasteiger partial charge is 0.306 e. The molecule has 0 rings (SSSR count). The third-order valence-corrected chi connectivity index (χ3v) is 4.79. The molecule has 126 valence electrons. The van der Waals surface area contributed by atoms with Gasteiger partial charge in [0.05, 0.1) is 13.0 Å². The molecule has 4 heteroatoms. The zero-order valence-corrected chi connectivity index (χ0v) is 14.9. The Labute approximate surface area is 135 Å². The van der Waals surface area contributed by atoms with E-state index in [1.54, 1.807) is 11.8 Å². The fourth-order valence-corrected chi connectivity index (χ4v) is 3.47. The van der Waals surface area contributed by atoms with Crippen LogP contribution in [0.4, 0.5) is 0 Å². The summed E-state index contributed by atoms with van der Waals surface area (Å²) in [4.78, 5) is 11.6. The first kappa shape index (κ1) is 20.8. The highest BCUT2D eigenvalue weighted by Crippen LogP contribution is 2.20. The molecule has 1 atom stereocenters. The Balaban J connectivity index is 3.48. The van der Waals surface area contributed by atoms with Crippen molar-refractivity contribution in [1.29, 1.82) is 0 Å². The van der Waals surface area contributed by atoms with Crippen LogP contribution >= 0.6 is 11.8 Å². The average molecular weight is 319 g/mol. The highest BCUT2D eigenvalue weighted by atomic mass is 32.2. The van der Waals surface area contributed by atoms with Gasteiger partial charge in [-0.15, -0.1) is 0 Å². The Kier molecular flexibility index (Phi) is 14.6. The minimum atomic E-state index is -0.0781. The first-order valence-corrected chi connectivity index (χ1v) is 9.53. The Hall–Kier alpha value is -0.220. The lowest BCUT2D eigenvalue weighted by Gasteiger charge is -2.13. The van der Waals surface area contributed by atoms with Crippen molar-refractivity contribution in [3.8, 4) is 0 Å². The number of esters is 1. The number of ether oxygens (including phenoxy) is 1. The summed E-state index contributed by atoms with van der Waals surface area (Å²) >= 11 is 1.79. The predicted octanol–water partition coefficient (Wildman–Crippen LogP) is 4.42. The molecule has 21 heavy (non-hydrogen) atoms.